The van der Waals surface area contributed by atoms with Crippen LogP contribution in [0.1, 0.15) is 32.1 Å². The quantitative estimate of drug-likeness (QED) is 0.756. The van der Waals surface area contributed by atoms with Crippen LogP contribution in [0.4, 0.5) is 0 Å². The zero-order valence-corrected chi connectivity index (χ0v) is 12.9. The number of nitrogens with one attached hydrogen (secondary N) is 1. The van der Waals surface area contributed by atoms with Crippen molar-refractivity contribution >= 4 is 16.2 Å². The van der Waals surface area contributed by atoms with Gasteiger partial charge in [-0.15, -0.1) is 0 Å². The minimum Gasteiger partial charge on any atom is -0.480 e. The monoisotopic (exact) mass is 317 g/mol. The molecule has 3 rings (SSSR count). The molecule has 1 atom stereocenters. The molecule has 21 heavy (non-hydrogen) atoms. The van der Waals surface area contributed by atoms with Crippen LogP contribution < -0.4 is 5.32 Å². The first kappa shape index (κ1) is 15.2. The van der Waals surface area contributed by atoms with E-state index in [2.05, 4.69) is 5.32 Å². The van der Waals surface area contributed by atoms with E-state index in [9.17, 15) is 13.2 Å². The summed E-state index contributed by atoms with van der Waals surface area (Å²) >= 11 is 0. The van der Waals surface area contributed by atoms with Gasteiger partial charge in [0.05, 0.1) is 0 Å². The fraction of sp³-hybridized carbons (Fsp3) is 0.923. The van der Waals surface area contributed by atoms with Crippen LogP contribution in [0.15, 0.2) is 0 Å². The first-order valence-electron chi connectivity index (χ1n) is 7.64. The van der Waals surface area contributed by atoms with E-state index >= 15 is 0 Å². The third kappa shape index (κ3) is 2.81. The molecule has 8 heteroatoms. The lowest BCUT2D eigenvalue weighted by molar-refractivity contribution is -0.139. The van der Waals surface area contributed by atoms with Gasteiger partial charge in [-0.1, -0.05) is 0 Å². The maximum Gasteiger partial charge on any atom is 0.320 e. The molecule has 120 valence electrons. The van der Waals surface area contributed by atoms with Crippen LogP contribution >= 0.6 is 0 Å². The second-order valence-corrected chi connectivity index (χ2v) is 8.42. The molecule has 3 fully saturated rings. The number of carboxylic acids is 1. The van der Waals surface area contributed by atoms with Crippen molar-refractivity contribution in [3.8, 4) is 0 Å². The highest BCUT2D eigenvalue weighted by molar-refractivity contribution is 7.86. The predicted molar refractivity (Wildman–Crippen MR) is 77.0 cm³/mol. The molecule has 0 amide bonds. The Kier molecular flexibility index (Phi) is 3.98. The predicted octanol–water partition coefficient (Wildman–Crippen LogP) is -0.144. The first-order valence-corrected chi connectivity index (χ1v) is 9.04. The lowest BCUT2D eigenvalue weighted by atomic mass is 9.77. The number of carbonyl (C=O) groups is 1. The molecule has 0 unspecified atom stereocenters. The van der Waals surface area contributed by atoms with Crippen molar-refractivity contribution < 1.29 is 18.3 Å². The molecule has 3 aliphatic heterocycles. The number of hydrogen-bond acceptors (Lipinski definition) is 4. The van der Waals surface area contributed by atoms with Crippen molar-refractivity contribution in [3.63, 3.8) is 0 Å². The highest BCUT2D eigenvalue weighted by Crippen LogP contribution is 2.40. The van der Waals surface area contributed by atoms with Gasteiger partial charge in [-0.05, 0) is 37.5 Å². The van der Waals surface area contributed by atoms with Gasteiger partial charge < -0.3 is 10.4 Å². The van der Waals surface area contributed by atoms with E-state index in [0.717, 1.165) is 25.7 Å². The molecule has 0 bridgehead atoms. The standard InChI is InChI=1S/C13H23N3O4S/c17-12(18)11-9-13(10-14-11)3-7-16(8-4-13)21(19,20)15-5-1-2-6-15/h11,14H,1-10H2,(H,17,18)/t11-/m1/s1. The smallest absolute Gasteiger partial charge is 0.320 e. The number of piperidine rings is 1. The number of hydrogen-bond donors (Lipinski definition) is 2. The van der Waals surface area contributed by atoms with Crippen LogP contribution in [0, 0.1) is 5.41 Å². The number of aliphatic carboxylic acids is 1. The highest BCUT2D eigenvalue weighted by Gasteiger charge is 2.46. The Labute approximate surface area is 125 Å². The average molecular weight is 317 g/mol. The molecule has 0 saturated carbocycles. The summed E-state index contributed by atoms with van der Waals surface area (Å²) in [4.78, 5) is 11.0. The van der Waals surface area contributed by atoms with Crippen molar-refractivity contribution in [1.82, 2.24) is 13.9 Å². The molecular formula is C13H23N3O4S. The van der Waals surface area contributed by atoms with Crippen molar-refractivity contribution in [2.45, 2.75) is 38.1 Å². The summed E-state index contributed by atoms with van der Waals surface area (Å²) in [7, 11) is -3.31. The summed E-state index contributed by atoms with van der Waals surface area (Å²) in [5.74, 6) is -0.806. The van der Waals surface area contributed by atoms with Gasteiger partial charge in [0.25, 0.3) is 10.2 Å². The summed E-state index contributed by atoms with van der Waals surface area (Å²) in [5, 5.41) is 12.1. The Bertz CT molecular complexity index is 508. The molecule has 0 aliphatic carbocycles. The Balaban J connectivity index is 1.62. The van der Waals surface area contributed by atoms with Crippen LogP contribution in [-0.2, 0) is 15.0 Å². The fourth-order valence-electron chi connectivity index (χ4n) is 3.75. The van der Waals surface area contributed by atoms with Gasteiger partial charge in [0.1, 0.15) is 6.04 Å². The minimum atomic E-state index is -3.31. The van der Waals surface area contributed by atoms with Gasteiger partial charge in [0.15, 0.2) is 0 Å². The third-order valence-electron chi connectivity index (χ3n) is 5.16. The summed E-state index contributed by atoms with van der Waals surface area (Å²) in [5.41, 5.74) is -0.0416. The van der Waals surface area contributed by atoms with E-state index in [1.165, 1.54) is 0 Å². The molecule has 0 aromatic heterocycles. The number of carboxylic acid groups (broad SMARTS) is 1. The number of nitrogens with zero attached hydrogens (tertiary/aromatic N) is 2. The zero-order chi connectivity index (χ0) is 15.1. The molecule has 2 N–H and O–H groups in total. The SMILES string of the molecule is O=C(O)[C@H]1CC2(CCN(S(=O)(=O)N3CCCC3)CC2)CN1. The van der Waals surface area contributed by atoms with Gasteiger partial charge in [-0.25, -0.2) is 0 Å². The van der Waals surface area contributed by atoms with Crippen molar-refractivity contribution in [2.24, 2.45) is 5.41 Å². The summed E-state index contributed by atoms with van der Waals surface area (Å²) in [6, 6.07) is -0.480. The van der Waals surface area contributed by atoms with E-state index in [4.69, 9.17) is 5.11 Å². The lowest BCUT2D eigenvalue weighted by Gasteiger charge is -2.39. The van der Waals surface area contributed by atoms with E-state index in [1.807, 2.05) is 0 Å². The summed E-state index contributed by atoms with van der Waals surface area (Å²) in [6.07, 6.45) is 4.00. The molecule has 0 radical (unpaired) electrons. The topological polar surface area (TPSA) is 90.0 Å². The summed E-state index contributed by atoms with van der Waals surface area (Å²) in [6.45, 7) is 2.96. The van der Waals surface area contributed by atoms with Crippen LogP contribution in [0.5, 0.6) is 0 Å². The summed E-state index contributed by atoms with van der Waals surface area (Å²) < 4.78 is 28.2. The molecule has 0 aromatic rings. The van der Waals surface area contributed by atoms with Gasteiger partial charge in [-0.3, -0.25) is 4.79 Å². The van der Waals surface area contributed by atoms with Crippen LogP contribution in [0.3, 0.4) is 0 Å². The molecule has 3 heterocycles. The van der Waals surface area contributed by atoms with Crippen LogP contribution in [0.2, 0.25) is 0 Å². The highest BCUT2D eigenvalue weighted by atomic mass is 32.2. The molecule has 0 aromatic carbocycles. The fourth-order valence-corrected chi connectivity index (χ4v) is 5.44. The Morgan fingerprint density at radius 3 is 2.19 bits per heavy atom. The van der Waals surface area contributed by atoms with Gasteiger partial charge in [0.2, 0.25) is 0 Å². The van der Waals surface area contributed by atoms with E-state index in [1.54, 1.807) is 8.61 Å². The maximum atomic E-state index is 12.5. The van der Waals surface area contributed by atoms with Crippen molar-refractivity contribution in [3.05, 3.63) is 0 Å². The molecule has 3 aliphatic rings. The van der Waals surface area contributed by atoms with E-state index in [-0.39, 0.29) is 5.41 Å². The normalized spacial score (nSPS) is 31.0. The second kappa shape index (κ2) is 5.49. The first-order chi connectivity index (χ1) is 9.93. The molecule has 1 spiro atoms. The molecule has 7 nitrogen and oxygen atoms in total. The van der Waals surface area contributed by atoms with Gasteiger partial charge in [0, 0.05) is 32.7 Å². The Morgan fingerprint density at radius 1 is 1.10 bits per heavy atom. The largest absolute Gasteiger partial charge is 0.480 e. The number of rotatable bonds is 3. The van der Waals surface area contributed by atoms with Crippen molar-refractivity contribution in [1.29, 1.82) is 0 Å². The minimum absolute atomic E-state index is 0.0416. The molecular weight excluding hydrogens is 294 g/mol. The second-order valence-electron chi connectivity index (χ2n) is 6.49. The van der Waals surface area contributed by atoms with Gasteiger partial charge in [-0.2, -0.15) is 17.0 Å². The van der Waals surface area contributed by atoms with Crippen LogP contribution in [0.25, 0.3) is 0 Å². The zero-order valence-electron chi connectivity index (χ0n) is 12.1. The van der Waals surface area contributed by atoms with E-state index < -0.39 is 22.2 Å². The Morgan fingerprint density at radius 2 is 1.67 bits per heavy atom. The van der Waals surface area contributed by atoms with Crippen LogP contribution in [-0.4, -0.2) is 66.9 Å². The lowest BCUT2D eigenvalue weighted by Crippen LogP contribution is -2.49. The van der Waals surface area contributed by atoms with Gasteiger partial charge >= 0.3 is 5.97 Å². The third-order valence-corrected chi connectivity index (χ3v) is 7.19. The Hall–Kier alpha value is -0.700. The molecule has 3 saturated heterocycles. The maximum absolute atomic E-state index is 12.5. The average Bonchev–Trinajstić information content (AvgIpc) is 3.09. The van der Waals surface area contributed by atoms with E-state index in [0.29, 0.717) is 39.1 Å². The van der Waals surface area contributed by atoms with Crippen molar-refractivity contribution in [2.75, 3.05) is 32.7 Å².